The number of para-hydroxylation sites is 1. The molecule has 7 heteroatoms. The minimum atomic E-state index is -3.19. The number of aryl methyl sites for hydroxylation is 2. The van der Waals surface area contributed by atoms with Gasteiger partial charge < -0.3 is 9.32 Å². The quantitative estimate of drug-likeness (QED) is 0.608. The Kier molecular flexibility index (Phi) is 5.71. The summed E-state index contributed by atoms with van der Waals surface area (Å²) in [4.78, 5) is 27.6. The maximum absolute atomic E-state index is 13.5. The molecule has 0 N–H and O–H groups in total. The van der Waals surface area contributed by atoms with E-state index in [9.17, 15) is 18.0 Å². The van der Waals surface area contributed by atoms with E-state index >= 15 is 0 Å². The Morgan fingerprint density at radius 1 is 1.13 bits per heavy atom. The predicted molar refractivity (Wildman–Crippen MR) is 120 cm³/mol. The average Bonchev–Trinajstić information content (AvgIpc) is 3.12. The Labute approximate surface area is 181 Å². The van der Waals surface area contributed by atoms with Gasteiger partial charge in [0.05, 0.1) is 16.9 Å². The zero-order valence-electron chi connectivity index (χ0n) is 17.6. The van der Waals surface area contributed by atoms with E-state index in [2.05, 4.69) is 6.92 Å². The summed E-state index contributed by atoms with van der Waals surface area (Å²) in [6.07, 6.45) is 1.28. The minimum absolute atomic E-state index is 0.0526. The number of benzene rings is 2. The molecule has 0 bridgehead atoms. The number of sulfone groups is 1. The van der Waals surface area contributed by atoms with Crippen LogP contribution in [-0.2, 0) is 22.8 Å². The first-order valence-corrected chi connectivity index (χ1v) is 12.2. The SMILES string of the molecule is CCc1ccc(CN(C(=O)c2cc(=O)c3cccc(C)c3o2)C2CCS(=O)(=O)C2)cc1. The van der Waals surface area contributed by atoms with E-state index in [1.807, 2.05) is 37.3 Å². The molecule has 1 atom stereocenters. The molecule has 1 amide bonds. The molecule has 0 radical (unpaired) electrons. The van der Waals surface area contributed by atoms with Gasteiger partial charge in [0.15, 0.2) is 21.0 Å². The van der Waals surface area contributed by atoms with Gasteiger partial charge in [-0.25, -0.2) is 8.42 Å². The fraction of sp³-hybridized carbons (Fsp3) is 0.333. The molecule has 31 heavy (non-hydrogen) atoms. The van der Waals surface area contributed by atoms with Crippen LogP contribution < -0.4 is 5.43 Å². The molecule has 3 aromatic rings. The van der Waals surface area contributed by atoms with Crippen LogP contribution in [-0.4, -0.2) is 36.8 Å². The summed E-state index contributed by atoms with van der Waals surface area (Å²) in [5, 5.41) is 0.418. The van der Waals surface area contributed by atoms with Crippen molar-refractivity contribution in [2.45, 2.75) is 39.3 Å². The molecule has 0 saturated carbocycles. The number of nitrogens with zero attached hydrogens (tertiary/aromatic N) is 1. The van der Waals surface area contributed by atoms with Crippen molar-refractivity contribution in [1.29, 1.82) is 0 Å². The molecule has 1 unspecified atom stereocenters. The lowest BCUT2D eigenvalue weighted by atomic mass is 10.1. The first-order chi connectivity index (χ1) is 14.8. The minimum Gasteiger partial charge on any atom is -0.450 e. The number of carbonyl (C=O) groups is 1. The van der Waals surface area contributed by atoms with Crippen LogP contribution in [0.25, 0.3) is 11.0 Å². The molecule has 1 aliphatic rings. The first-order valence-electron chi connectivity index (χ1n) is 10.4. The molecule has 1 aliphatic heterocycles. The predicted octanol–water partition coefficient (Wildman–Crippen LogP) is 3.49. The zero-order chi connectivity index (χ0) is 22.2. The lowest BCUT2D eigenvalue weighted by molar-refractivity contribution is 0.0648. The molecule has 2 aromatic carbocycles. The van der Waals surface area contributed by atoms with E-state index in [-0.39, 0.29) is 29.2 Å². The summed E-state index contributed by atoms with van der Waals surface area (Å²) < 4.78 is 30.1. The molecule has 0 spiro atoms. The summed E-state index contributed by atoms with van der Waals surface area (Å²) >= 11 is 0. The summed E-state index contributed by atoms with van der Waals surface area (Å²) in [7, 11) is -3.19. The molecule has 162 valence electrons. The second-order valence-electron chi connectivity index (χ2n) is 8.09. The lowest BCUT2D eigenvalue weighted by Gasteiger charge is -2.28. The van der Waals surface area contributed by atoms with Crippen molar-refractivity contribution < 1.29 is 17.6 Å². The van der Waals surface area contributed by atoms with Crippen LogP contribution >= 0.6 is 0 Å². The number of hydrogen-bond acceptors (Lipinski definition) is 5. The maximum atomic E-state index is 13.5. The van der Waals surface area contributed by atoms with Crippen molar-refractivity contribution in [2.24, 2.45) is 0 Å². The van der Waals surface area contributed by atoms with Gasteiger partial charge in [-0.15, -0.1) is 0 Å². The second-order valence-corrected chi connectivity index (χ2v) is 10.3. The standard InChI is InChI=1S/C24H25NO5S/c1-3-17-7-9-18(10-8-17)14-25(19-11-12-31(28,29)15-19)24(27)22-13-21(26)20-6-4-5-16(2)23(20)30-22/h4-10,13,19H,3,11-12,14-15H2,1-2H3. The van der Waals surface area contributed by atoms with Crippen molar-refractivity contribution in [3.05, 3.63) is 81.2 Å². The molecule has 6 nitrogen and oxygen atoms in total. The van der Waals surface area contributed by atoms with Crippen LogP contribution in [0, 0.1) is 6.92 Å². The monoisotopic (exact) mass is 439 g/mol. The molecule has 0 aliphatic carbocycles. The smallest absolute Gasteiger partial charge is 0.290 e. The fourth-order valence-electron chi connectivity index (χ4n) is 4.03. The molecule has 4 rings (SSSR count). The van der Waals surface area contributed by atoms with Gasteiger partial charge in [0, 0.05) is 18.7 Å². The second kappa shape index (κ2) is 8.30. The first kappa shape index (κ1) is 21.3. The van der Waals surface area contributed by atoms with Gasteiger partial charge in [0.25, 0.3) is 5.91 Å². The van der Waals surface area contributed by atoms with E-state index in [0.717, 1.165) is 17.5 Å². The Balaban J connectivity index is 1.73. The third-order valence-electron chi connectivity index (χ3n) is 5.86. The van der Waals surface area contributed by atoms with E-state index in [0.29, 0.717) is 17.4 Å². The summed E-state index contributed by atoms with van der Waals surface area (Å²) in [6, 6.07) is 13.9. The summed E-state index contributed by atoms with van der Waals surface area (Å²) in [5.41, 5.74) is 2.92. The van der Waals surface area contributed by atoms with Crippen LogP contribution in [0.2, 0.25) is 0 Å². The van der Waals surface area contributed by atoms with Gasteiger partial charge in [-0.3, -0.25) is 9.59 Å². The number of rotatable bonds is 5. The Morgan fingerprint density at radius 3 is 2.48 bits per heavy atom. The highest BCUT2D eigenvalue weighted by Gasteiger charge is 2.36. The summed E-state index contributed by atoms with van der Waals surface area (Å²) in [6.45, 7) is 4.13. The number of amides is 1. The third-order valence-corrected chi connectivity index (χ3v) is 7.61. The Hall–Kier alpha value is -2.93. The van der Waals surface area contributed by atoms with E-state index in [1.54, 1.807) is 12.1 Å². The molecule has 1 saturated heterocycles. The Bertz CT molecular complexity index is 1290. The van der Waals surface area contributed by atoms with Gasteiger partial charge >= 0.3 is 0 Å². The molecule has 1 fully saturated rings. The Morgan fingerprint density at radius 2 is 1.84 bits per heavy atom. The van der Waals surface area contributed by atoms with Gasteiger partial charge in [0.2, 0.25) is 0 Å². The molecule has 1 aromatic heterocycles. The van der Waals surface area contributed by atoms with E-state index in [1.165, 1.54) is 16.5 Å². The number of hydrogen-bond donors (Lipinski definition) is 0. The topological polar surface area (TPSA) is 84.7 Å². The number of fused-ring (bicyclic) bond motifs is 1. The fourth-order valence-corrected chi connectivity index (χ4v) is 5.76. The molecular weight excluding hydrogens is 414 g/mol. The highest BCUT2D eigenvalue weighted by molar-refractivity contribution is 7.91. The largest absolute Gasteiger partial charge is 0.450 e. The highest BCUT2D eigenvalue weighted by atomic mass is 32.2. The van der Waals surface area contributed by atoms with Crippen molar-refractivity contribution in [2.75, 3.05) is 11.5 Å². The van der Waals surface area contributed by atoms with Gasteiger partial charge in [-0.05, 0) is 42.5 Å². The van der Waals surface area contributed by atoms with Crippen LogP contribution in [0.1, 0.15) is 40.6 Å². The van der Waals surface area contributed by atoms with Crippen LogP contribution in [0.5, 0.6) is 0 Å². The lowest BCUT2D eigenvalue weighted by Crippen LogP contribution is -2.41. The van der Waals surface area contributed by atoms with E-state index < -0.39 is 21.8 Å². The van der Waals surface area contributed by atoms with E-state index in [4.69, 9.17) is 4.42 Å². The van der Waals surface area contributed by atoms with Crippen molar-refractivity contribution in [3.63, 3.8) is 0 Å². The van der Waals surface area contributed by atoms with Crippen molar-refractivity contribution >= 4 is 26.7 Å². The van der Waals surface area contributed by atoms with Gasteiger partial charge in [-0.2, -0.15) is 0 Å². The summed E-state index contributed by atoms with van der Waals surface area (Å²) in [5.74, 6) is -0.565. The third kappa shape index (κ3) is 4.42. The van der Waals surface area contributed by atoms with Gasteiger partial charge in [0.1, 0.15) is 5.58 Å². The number of carbonyl (C=O) groups excluding carboxylic acids is 1. The van der Waals surface area contributed by atoms with Crippen molar-refractivity contribution in [1.82, 2.24) is 4.90 Å². The van der Waals surface area contributed by atoms with Crippen LogP contribution in [0.3, 0.4) is 0 Å². The zero-order valence-corrected chi connectivity index (χ0v) is 18.4. The molecular formula is C24H25NO5S. The van der Waals surface area contributed by atoms with Crippen molar-refractivity contribution in [3.8, 4) is 0 Å². The average molecular weight is 440 g/mol. The maximum Gasteiger partial charge on any atom is 0.290 e. The highest BCUT2D eigenvalue weighted by Crippen LogP contribution is 2.24. The van der Waals surface area contributed by atoms with Gasteiger partial charge in [-0.1, -0.05) is 43.3 Å². The normalized spacial score (nSPS) is 17.7. The molecule has 2 heterocycles. The van der Waals surface area contributed by atoms with Crippen LogP contribution in [0.4, 0.5) is 0 Å². The van der Waals surface area contributed by atoms with Crippen LogP contribution in [0.15, 0.2) is 57.7 Å².